The normalized spacial score (nSPS) is 11.0. The predicted molar refractivity (Wildman–Crippen MR) is 446 cm³/mol. The summed E-state index contributed by atoms with van der Waals surface area (Å²) in [5, 5.41) is 16.8. The van der Waals surface area contributed by atoms with Crippen LogP contribution in [-0.2, 0) is 0 Å². The molecule has 21 heteroatoms. The van der Waals surface area contributed by atoms with E-state index in [-0.39, 0.29) is 0 Å². The molecule has 8 aromatic heterocycles. The summed E-state index contributed by atoms with van der Waals surface area (Å²) in [5.41, 5.74) is 31.6. The molecule has 8 heterocycles. The van der Waals surface area contributed by atoms with Crippen LogP contribution in [0.4, 0.5) is 45.5 Å². The molecule has 0 aliphatic heterocycles. The van der Waals surface area contributed by atoms with E-state index in [0.29, 0.717) is 5.15 Å². The molecular formula is C90H91ClN16O4. The molecule has 16 rings (SSSR count). The van der Waals surface area contributed by atoms with Crippen molar-refractivity contribution < 1.29 is 18.1 Å². The van der Waals surface area contributed by atoms with E-state index in [1.807, 2.05) is 114 Å². The summed E-state index contributed by atoms with van der Waals surface area (Å²) in [7, 11) is 8.35. The third-order valence-electron chi connectivity index (χ3n) is 20.3. The average Bonchev–Trinajstić information content (AvgIpc) is 1.80. The molecule has 8 aromatic carbocycles. The lowest BCUT2D eigenvalue weighted by Crippen LogP contribution is -2.11. The van der Waals surface area contributed by atoms with Crippen LogP contribution < -0.4 is 19.6 Å². The summed E-state index contributed by atoms with van der Waals surface area (Å²) in [6.07, 6.45) is 16.7. The first-order valence-electron chi connectivity index (χ1n) is 36.6. The van der Waals surface area contributed by atoms with Gasteiger partial charge >= 0.3 is 0 Å². The molecule has 0 unspecified atom stereocenters. The van der Waals surface area contributed by atoms with E-state index in [9.17, 15) is 0 Å². The lowest BCUT2D eigenvalue weighted by molar-refractivity contribution is 0.393. The van der Waals surface area contributed by atoms with Gasteiger partial charge < -0.3 is 56.0 Å². The molecule has 0 N–H and O–H groups in total. The number of halogens is 1. The number of rotatable bonds is 16. The third-order valence-corrected chi connectivity index (χ3v) is 20.5. The molecule has 562 valence electrons. The predicted octanol–water partition coefficient (Wildman–Crippen LogP) is 22.2. The van der Waals surface area contributed by atoms with Crippen LogP contribution in [-0.4, -0.2) is 87.0 Å². The molecule has 111 heavy (non-hydrogen) atoms. The highest BCUT2D eigenvalue weighted by Gasteiger charge is 2.21. The number of hydrogen-bond donors (Lipinski definition) is 0. The topological polar surface area (TPSA) is 188 Å². The summed E-state index contributed by atoms with van der Waals surface area (Å²) >= 11 is 5.92. The van der Waals surface area contributed by atoms with Crippen LogP contribution in [0, 0.1) is 96.9 Å². The Balaban J connectivity index is 0.000000130. The maximum Gasteiger partial charge on any atom is 0.147 e. The zero-order chi connectivity index (χ0) is 78.5. The smallest absolute Gasteiger partial charge is 0.147 e. The summed E-state index contributed by atoms with van der Waals surface area (Å²) < 4.78 is 29.4. The van der Waals surface area contributed by atoms with Gasteiger partial charge in [-0.25, -0.2) is 19.9 Å². The van der Waals surface area contributed by atoms with Gasteiger partial charge in [0.2, 0.25) is 0 Å². The maximum absolute atomic E-state index is 5.92. The van der Waals surface area contributed by atoms with Crippen LogP contribution in [0.2, 0.25) is 5.15 Å². The lowest BCUT2D eigenvalue weighted by Gasteiger charge is -2.23. The molecule has 20 nitrogen and oxygen atoms in total. The second kappa shape index (κ2) is 32.8. The minimum absolute atomic E-state index is 0.480. The molecule has 0 radical (unpaired) electrons. The Labute approximate surface area is 653 Å². The van der Waals surface area contributed by atoms with Crippen molar-refractivity contribution in [2.75, 3.05) is 47.8 Å². The van der Waals surface area contributed by atoms with Crippen molar-refractivity contribution in [3.8, 4) is 67.3 Å². The highest BCUT2D eigenvalue weighted by Crippen LogP contribution is 2.40. The second-order valence-corrected chi connectivity index (χ2v) is 28.3. The Morgan fingerprint density at radius 1 is 0.315 bits per heavy atom. The van der Waals surface area contributed by atoms with Gasteiger partial charge in [-0.3, -0.25) is 0 Å². The van der Waals surface area contributed by atoms with Gasteiger partial charge in [-0.15, -0.1) is 0 Å². The number of hydrogen-bond acceptors (Lipinski definition) is 16. The number of benzene rings is 8. The highest BCUT2D eigenvalue weighted by molar-refractivity contribution is 6.29. The number of anilines is 8. The van der Waals surface area contributed by atoms with E-state index < -0.39 is 0 Å². The summed E-state index contributed by atoms with van der Waals surface area (Å²) in [6, 6.07) is 59.6. The summed E-state index contributed by atoms with van der Waals surface area (Å²) in [4.78, 5) is 25.6. The number of nitrogens with zero attached hydrogens (tertiary/aromatic N) is 16. The zero-order valence-corrected chi connectivity index (χ0v) is 66.8. The van der Waals surface area contributed by atoms with Crippen LogP contribution in [0.25, 0.3) is 67.3 Å². The maximum atomic E-state index is 5.92. The van der Waals surface area contributed by atoms with E-state index in [1.54, 1.807) is 25.0 Å². The van der Waals surface area contributed by atoms with Crippen LogP contribution in [0.5, 0.6) is 0 Å². The van der Waals surface area contributed by atoms with Gasteiger partial charge in [-0.1, -0.05) is 80.8 Å². The fourth-order valence-electron chi connectivity index (χ4n) is 14.1. The third kappa shape index (κ3) is 16.5. The second-order valence-electron chi connectivity index (χ2n) is 27.9. The van der Waals surface area contributed by atoms with Crippen LogP contribution in [0.15, 0.2) is 244 Å². The van der Waals surface area contributed by atoms with Crippen LogP contribution in [0.3, 0.4) is 0 Å². The fourth-order valence-corrected chi connectivity index (χ4v) is 14.2. The van der Waals surface area contributed by atoms with E-state index in [2.05, 4.69) is 290 Å². The van der Waals surface area contributed by atoms with Crippen molar-refractivity contribution in [2.24, 2.45) is 0 Å². The Morgan fingerprint density at radius 3 is 0.892 bits per heavy atom. The fraction of sp³-hybridized carbons (Fsp3) is 0.200. The molecule has 0 fully saturated rings. The molecule has 0 atom stereocenters. The van der Waals surface area contributed by atoms with Gasteiger partial charge in [0, 0.05) is 156 Å². The van der Waals surface area contributed by atoms with Crippen molar-refractivity contribution >= 4 is 57.1 Å². The monoisotopic (exact) mass is 1490 g/mol. The highest BCUT2D eigenvalue weighted by atomic mass is 35.5. The van der Waals surface area contributed by atoms with Gasteiger partial charge in [0.15, 0.2) is 0 Å². The van der Waals surface area contributed by atoms with Gasteiger partial charge in [0.1, 0.15) is 40.3 Å². The summed E-state index contributed by atoms with van der Waals surface area (Å²) in [6.45, 7) is 28.2. The molecule has 0 saturated heterocycles. The molecule has 0 aliphatic carbocycles. The van der Waals surface area contributed by atoms with E-state index in [4.69, 9.17) is 29.7 Å². The lowest BCUT2D eigenvalue weighted by atomic mass is 10.0. The van der Waals surface area contributed by atoms with Gasteiger partial charge in [0.05, 0.1) is 41.1 Å². The van der Waals surface area contributed by atoms with Crippen LogP contribution >= 0.6 is 11.6 Å². The standard InChI is InChI=1S/2C23H24N4O.C22H21ClN4O.C22H22N4O/c1-15-6-7-19(23-17(3)25-28-18(23)4)12-22(15)26(5)20-8-10-21(11-9-20)27-13-16(2)24-14-27;1-15-6-7-19(23-16(2)25-28-17(23)3)14-22(15)26(5)20-8-10-21(11-9-20)27-13-12-24-18(27)4;1-14-5-6-17(22-15(2)25-28-16(22)3)11-20(14)26(4)18-7-9-19(10-8-18)27-12-21(23)24-13-27;1-15-5-6-18(22-16(2)24-27-17(22)3)13-21(15)25(4)19-7-9-20(10-8-19)26-12-11-23-14-26/h2*6-14H,1-5H3;5-13H,1-4H3;5-14H,1-4H3. The molecule has 0 saturated carbocycles. The summed E-state index contributed by atoms with van der Waals surface area (Å²) in [5.74, 6) is 4.34. The Morgan fingerprint density at radius 2 is 0.631 bits per heavy atom. The molecular weight excluding hydrogens is 1400 g/mol. The minimum Gasteiger partial charge on any atom is -0.361 e. The Hall–Kier alpha value is -13.1. The van der Waals surface area contributed by atoms with Crippen molar-refractivity contribution in [1.82, 2.24) is 58.8 Å². The van der Waals surface area contributed by atoms with E-state index in [0.717, 1.165) is 170 Å². The first-order chi connectivity index (χ1) is 53.4. The SMILES string of the molecule is Cc1ccc(-c2c(C)noc2C)cc1N(C)c1ccc(-n2ccnc2)cc1.Cc1ccc(-c2c(C)noc2C)cc1N(C)c1ccc(-n2ccnc2C)cc1.Cc1ccc(-c2c(C)noc2C)cc1N(C)c1ccc(-n2cnc(Cl)c2)cc1.Cc1cn(-c2ccc(N(C)c3cc(-c4c(C)noc4C)ccc3C)cc2)cn1. The molecule has 0 bridgehead atoms. The Kier molecular flexibility index (Phi) is 22.5. The Bertz CT molecular complexity index is 5620. The van der Waals surface area contributed by atoms with Crippen LogP contribution in [0.1, 0.15) is 79.6 Å². The van der Waals surface area contributed by atoms with Crippen molar-refractivity contribution in [1.29, 1.82) is 0 Å². The number of imidazole rings is 4. The number of aromatic nitrogens is 12. The largest absolute Gasteiger partial charge is 0.361 e. The minimum atomic E-state index is 0.480. The first-order valence-corrected chi connectivity index (χ1v) is 37.0. The molecule has 0 spiro atoms. The van der Waals surface area contributed by atoms with Gasteiger partial charge in [0.25, 0.3) is 0 Å². The molecule has 0 amide bonds. The molecule has 0 aliphatic rings. The zero-order valence-electron chi connectivity index (χ0n) is 66.0. The quantitative estimate of drug-likeness (QED) is 0.0887. The van der Waals surface area contributed by atoms with E-state index in [1.165, 1.54) is 22.3 Å². The van der Waals surface area contributed by atoms with Crippen molar-refractivity contribution in [2.45, 2.75) is 96.9 Å². The van der Waals surface area contributed by atoms with Gasteiger partial charge in [-0.2, -0.15) is 0 Å². The van der Waals surface area contributed by atoms with Crippen molar-refractivity contribution in [3.63, 3.8) is 0 Å². The van der Waals surface area contributed by atoms with Crippen molar-refractivity contribution in [3.05, 3.63) is 311 Å². The number of aryl methyl sites for hydroxylation is 14. The van der Waals surface area contributed by atoms with E-state index >= 15 is 0 Å². The first kappa shape index (κ1) is 76.1. The van der Waals surface area contributed by atoms with Gasteiger partial charge in [-0.05, 0) is 263 Å². The molecule has 16 aromatic rings. The average molecular weight is 1500 g/mol.